The summed E-state index contributed by atoms with van der Waals surface area (Å²) in [5.74, 6) is 0. The number of thiophene rings is 1. The van der Waals surface area contributed by atoms with Gasteiger partial charge in [0.15, 0.2) is 0 Å². The molecular formula is C10H18N2S. The van der Waals surface area contributed by atoms with Gasteiger partial charge in [-0.3, -0.25) is 0 Å². The van der Waals surface area contributed by atoms with E-state index < -0.39 is 0 Å². The molecule has 1 aromatic rings. The lowest BCUT2D eigenvalue weighted by Crippen LogP contribution is -2.29. The van der Waals surface area contributed by atoms with Gasteiger partial charge in [0.2, 0.25) is 0 Å². The molecule has 0 aromatic carbocycles. The van der Waals surface area contributed by atoms with Crippen molar-refractivity contribution in [2.75, 3.05) is 13.1 Å². The van der Waals surface area contributed by atoms with Crippen LogP contribution < -0.4 is 11.1 Å². The molecule has 0 aliphatic rings. The summed E-state index contributed by atoms with van der Waals surface area (Å²) in [6.45, 7) is 4.00. The second-order valence-corrected chi connectivity index (χ2v) is 4.09. The predicted molar refractivity (Wildman–Crippen MR) is 59.2 cm³/mol. The van der Waals surface area contributed by atoms with Gasteiger partial charge in [-0.2, -0.15) is 11.3 Å². The first-order chi connectivity index (χ1) is 6.33. The smallest absolute Gasteiger partial charge is 0.00508 e. The fraction of sp³-hybridized carbons (Fsp3) is 0.600. The molecule has 0 aliphatic heterocycles. The summed E-state index contributed by atoms with van der Waals surface area (Å²) in [6.07, 6.45) is 2.18. The van der Waals surface area contributed by atoms with Crippen LogP contribution >= 0.6 is 11.3 Å². The normalized spacial score (nSPS) is 13.1. The number of hydrogen-bond donors (Lipinski definition) is 2. The van der Waals surface area contributed by atoms with Crippen molar-refractivity contribution in [2.45, 2.75) is 25.8 Å². The number of nitrogens with two attached hydrogens (primary N) is 1. The third-order valence-electron chi connectivity index (χ3n) is 2.09. The highest BCUT2D eigenvalue weighted by Crippen LogP contribution is 2.05. The Labute approximate surface area is 84.2 Å². The van der Waals surface area contributed by atoms with Gasteiger partial charge in [-0.25, -0.2) is 0 Å². The summed E-state index contributed by atoms with van der Waals surface area (Å²) in [5.41, 5.74) is 6.89. The molecule has 1 aromatic heterocycles. The quantitative estimate of drug-likeness (QED) is 0.729. The third-order valence-corrected chi connectivity index (χ3v) is 2.82. The molecule has 3 heteroatoms. The van der Waals surface area contributed by atoms with Crippen LogP contribution in [0.1, 0.15) is 18.9 Å². The van der Waals surface area contributed by atoms with Gasteiger partial charge in [-0.15, -0.1) is 0 Å². The first kappa shape index (κ1) is 10.7. The standard InChI is InChI=1S/C10H18N2S/c1-9(2-5-11)12-6-3-10-4-7-13-8-10/h4,7-9,12H,2-3,5-6,11H2,1H3. The lowest BCUT2D eigenvalue weighted by Gasteiger charge is -2.11. The lowest BCUT2D eigenvalue weighted by atomic mass is 10.2. The van der Waals surface area contributed by atoms with Crippen molar-refractivity contribution in [3.8, 4) is 0 Å². The van der Waals surface area contributed by atoms with Crippen molar-refractivity contribution < 1.29 is 0 Å². The van der Waals surface area contributed by atoms with E-state index in [1.54, 1.807) is 11.3 Å². The highest BCUT2D eigenvalue weighted by molar-refractivity contribution is 7.07. The van der Waals surface area contributed by atoms with Crippen molar-refractivity contribution in [3.05, 3.63) is 22.4 Å². The van der Waals surface area contributed by atoms with Gasteiger partial charge in [0, 0.05) is 6.04 Å². The van der Waals surface area contributed by atoms with Gasteiger partial charge in [-0.05, 0) is 55.2 Å². The fourth-order valence-corrected chi connectivity index (χ4v) is 1.95. The Morgan fingerprint density at radius 2 is 2.46 bits per heavy atom. The van der Waals surface area contributed by atoms with Crippen LogP contribution in [-0.2, 0) is 6.42 Å². The van der Waals surface area contributed by atoms with E-state index in [9.17, 15) is 0 Å². The minimum Gasteiger partial charge on any atom is -0.330 e. The minimum absolute atomic E-state index is 0.545. The average molecular weight is 198 g/mol. The maximum atomic E-state index is 5.46. The molecule has 3 N–H and O–H groups in total. The molecule has 74 valence electrons. The summed E-state index contributed by atoms with van der Waals surface area (Å²) >= 11 is 1.76. The van der Waals surface area contributed by atoms with Gasteiger partial charge in [0.25, 0.3) is 0 Å². The van der Waals surface area contributed by atoms with Crippen LogP contribution in [-0.4, -0.2) is 19.1 Å². The second-order valence-electron chi connectivity index (χ2n) is 3.31. The summed E-state index contributed by atoms with van der Waals surface area (Å²) in [5, 5.41) is 7.77. The predicted octanol–water partition coefficient (Wildman–Crippen LogP) is 1.62. The Hall–Kier alpha value is -0.380. The van der Waals surface area contributed by atoms with Crippen molar-refractivity contribution in [1.82, 2.24) is 5.32 Å². The Balaban J connectivity index is 2.07. The second kappa shape index (κ2) is 6.13. The Kier molecular flexibility index (Phi) is 5.05. The molecule has 0 saturated carbocycles. The molecule has 0 spiro atoms. The van der Waals surface area contributed by atoms with Crippen LogP contribution in [0.5, 0.6) is 0 Å². The molecule has 1 heterocycles. The topological polar surface area (TPSA) is 38.0 Å². The zero-order valence-electron chi connectivity index (χ0n) is 8.12. The maximum Gasteiger partial charge on any atom is 0.00508 e. The van der Waals surface area contributed by atoms with Crippen molar-refractivity contribution in [1.29, 1.82) is 0 Å². The summed E-state index contributed by atoms with van der Waals surface area (Å²) in [4.78, 5) is 0. The zero-order chi connectivity index (χ0) is 9.52. The highest BCUT2D eigenvalue weighted by Gasteiger charge is 1.99. The molecule has 0 fully saturated rings. The molecule has 2 nitrogen and oxygen atoms in total. The van der Waals surface area contributed by atoms with Crippen molar-refractivity contribution >= 4 is 11.3 Å². The highest BCUT2D eigenvalue weighted by atomic mass is 32.1. The molecule has 1 atom stereocenters. The number of hydrogen-bond acceptors (Lipinski definition) is 3. The molecule has 1 rings (SSSR count). The molecule has 13 heavy (non-hydrogen) atoms. The van der Waals surface area contributed by atoms with Crippen LogP contribution in [0, 0.1) is 0 Å². The first-order valence-corrected chi connectivity index (χ1v) is 5.71. The van der Waals surface area contributed by atoms with Crippen LogP contribution in [0.3, 0.4) is 0 Å². The molecule has 0 bridgehead atoms. The Morgan fingerprint density at radius 1 is 1.62 bits per heavy atom. The first-order valence-electron chi connectivity index (χ1n) is 4.77. The van der Waals surface area contributed by atoms with E-state index in [4.69, 9.17) is 5.73 Å². The minimum atomic E-state index is 0.545. The van der Waals surface area contributed by atoms with Crippen molar-refractivity contribution in [3.63, 3.8) is 0 Å². The third kappa shape index (κ3) is 4.41. The number of rotatable bonds is 6. The lowest BCUT2D eigenvalue weighted by molar-refractivity contribution is 0.523. The van der Waals surface area contributed by atoms with E-state index in [0.717, 1.165) is 25.9 Å². The van der Waals surface area contributed by atoms with E-state index in [-0.39, 0.29) is 0 Å². The molecule has 0 aliphatic carbocycles. The van der Waals surface area contributed by atoms with Gasteiger partial charge >= 0.3 is 0 Å². The van der Waals surface area contributed by atoms with Crippen LogP contribution in [0.2, 0.25) is 0 Å². The average Bonchev–Trinajstić information content (AvgIpc) is 2.57. The monoisotopic (exact) mass is 198 g/mol. The zero-order valence-corrected chi connectivity index (χ0v) is 8.94. The number of nitrogens with one attached hydrogen (secondary N) is 1. The van der Waals surface area contributed by atoms with E-state index in [2.05, 4.69) is 29.1 Å². The molecule has 0 amide bonds. The maximum absolute atomic E-state index is 5.46. The Morgan fingerprint density at radius 3 is 3.08 bits per heavy atom. The Bertz CT molecular complexity index is 209. The van der Waals surface area contributed by atoms with Crippen LogP contribution in [0.4, 0.5) is 0 Å². The van der Waals surface area contributed by atoms with Crippen molar-refractivity contribution in [2.24, 2.45) is 5.73 Å². The fourth-order valence-electron chi connectivity index (χ4n) is 1.25. The summed E-state index contributed by atoms with van der Waals surface area (Å²) in [7, 11) is 0. The largest absolute Gasteiger partial charge is 0.330 e. The van der Waals surface area contributed by atoms with E-state index >= 15 is 0 Å². The summed E-state index contributed by atoms with van der Waals surface area (Å²) in [6, 6.07) is 2.73. The molecule has 0 saturated heterocycles. The molecular weight excluding hydrogens is 180 g/mol. The molecule has 1 unspecified atom stereocenters. The molecule has 0 radical (unpaired) electrons. The van der Waals surface area contributed by atoms with Gasteiger partial charge < -0.3 is 11.1 Å². The van der Waals surface area contributed by atoms with Gasteiger partial charge in [0.1, 0.15) is 0 Å². The van der Waals surface area contributed by atoms with E-state index in [1.165, 1.54) is 5.56 Å². The van der Waals surface area contributed by atoms with Crippen LogP contribution in [0.25, 0.3) is 0 Å². The van der Waals surface area contributed by atoms with E-state index in [0.29, 0.717) is 6.04 Å². The van der Waals surface area contributed by atoms with Gasteiger partial charge in [0.05, 0.1) is 0 Å². The van der Waals surface area contributed by atoms with Crippen LogP contribution in [0.15, 0.2) is 16.8 Å². The van der Waals surface area contributed by atoms with Gasteiger partial charge in [-0.1, -0.05) is 0 Å². The van der Waals surface area contributed by atoms with E-state index in [1.807, 2.05) is 0 Å². The summed E-state index contributed by atoms with van der Waals surface area (Å²) < 4.78 is 0. The SMILES string of the molecule is CC(CCN)NCCc1ccsc1.